The molecule has 2 saturated carbocycles. The van der Waals surface area contributed by atoms with Gasteiger partial charge in [-0.3, -0.25) is 0 Å². The first-order chi connectivity index (χ1) is 9.83. The van der Waals surface area contributed by atoms with Gasteiger partial charge in [0.05, 0.1) is 5.60 Å². The Labute approximate surface area is 125 Å². The molecule has 3 atom stereocenters. The first-order valence-corrected chi connectivity index (χ1v) is 9.18. The van der Waals surface area contributed by atoms with Crippen LogP contribution in [0.25, 0.3) is 0 Å². The Morgan fingerprint density at radius 3 is 2.70 bits per heavy atom. The van der Waals surface area contributed by atoms with Gasteiger partial charge in [-0.15, -0.1) is 0 Å². The summed E-state index contributed by atoms with van der Waals surface area (Å²) in [6, 6.07) is 0. The number of ether oxygens (including phenoxy) is 1. The first-order valence-electron chi connectivity index (χ1n) is 9.18. The predicted octanol–water partition coefficient (Wildman–Crippen LogP) is 4.14. The summed E-state index contributed by atoms with van der Waals surface area (Å²) in [6.45, 7) is 5.65. The van der Waals surface area contributed by atoms with E-state index < -0.39 is 0 Å². The average molecular weight is 279 g/mol. The lowest BCUT2D eigenvalue weighted by Crippen LogP contribution is -2.44. The van der Waals surface area contributed by atoms with Crippen LogP contribution in [-0.4, -0.2) is 25.3 Å². The summed E-state index contributed by atoms with van der Waals surface area (Å²) in [5.41, 5.74) is 0.298. The third-order valence-electron chi connectivity index (χ3n) is 6.28. The summed E-state index contributed by atoms with van der Waals surface area (Å²) in [6.07, 6.45) is 14.0. The zero-order valence-electron chi connectivity index (χ0n) is 13.3. The van der Waals surface area contributed by atoms with Crippen molar-refractivity contribution in [3.8, 4) is 0 Å². The molecule has 0 amide bonds. The average Bonchev–Trinajstić information content (AvgIpc) is 2.94. The van der Waals surface area contributed by atoms with Crippen molar-refractivity contribution in [3.05, 3.63) is 0 Å². The highest BCUT2D eigenvalue weighted by Gasteiger charge is 2.43. The van der Waals surface area contributed by atoms with Gasteiger partial charge in [0, 0.05) is 6.61 Å². The molecule has 1 heterocycles. The predicted molar refractivity (Wildman–Crippen MR) is 83.9 cm³/mol. The maximum absolute atomic E-state index is 6.30. The van der Waals surface area contributed by atoms with Gasteiger partial charge in [-0.2, -0.15) is 0 Å². The van der Waals surface area contributed by atoms with Crippen LogP contribution < -0.4 is 5.32 Å². The zero-order chi connectivity index (χ0) is 13.8. The lowest BCUT2D eigenvalue weighted by atomic mass is 9.70. The van der Waals surface area contributed by atoms with Gasteiger partial charge in [0.1, 0.15) is 0 Å². The quantitative estimate of drug-likeness (QED) is 0.835. The SMILES string of the molecule is CCNCC1CCCC1C1CCOC2(CCCCC2)C1. The van der Waals surface area contributed by atoms with Gasteiger partial charge in [0.25, 0.3) is 0 Å². The van der Waals surface area contributed by atoms with E-state index in [-0.39, 0.29) is 0 Å². The van der Waals surface area contributed by atoms with Gasteiger partial charge in [0.15, 0.2) is 0 Å². The molecule has 1 saturated heterocycles. The Morgan fingerprint density at radius 2 is 1.90 bits per heavy atom. The Balaban J connectivity index is 1.60. The molecule has 0 bridgehead atoms. The molecule has 3 rings (SSSR count). The Morgan fingerprint density at radius 1 is 1.05 bits per heavy atom. The fourth-order valence-electron chi connectivity index (χ4n) is 5.24. The molecule has 3 fully saturated rings. The standard InChI is InChI=1S/C18H33NO/c1-2-19-14-16-7-6-8-17(16)15-9-12-20-18(13-15)10-4-3-5-11-18/h15-17,19H,2-14H2,1H3. The van der Waals surface area contributed by atoms with Crippen LogP contribution in [0.2, 0.25) is 0 Å². The Bertz CT molecular complexity index is 292. The van der Waals surface area contributed by atoms with Crippen molar-refractivity contribution in [2.75, 3.05) is 19.7 Å². The van der Waals surface area contributed by atoms with Gasteiger partial charge in [-0.05, 0) is 69.4 Å². The number of hydrogen-bond donors (Lipinski definition) is 1. The van der Waals surface area contributed by atoms with E-state index >= 15 is 0 Å². The molecule has 0 aromatic carbocycles. The minimum absolute atomic E-state index is 0.298. The van der Waals surface area contributed by atoms with Crippen LogP contribution in [0.4, 0.5) is 0 Å². The molecular weight excluding hydrogens is 246 g/mol. The highest BCUT2D eigenvalue weighted by Crippen LogP contribution is 2.47. The maximum Gasteiger partial charge on any atom is 0.0685 e. The molecule has 1 aliphatic heterocycles. The minimum Gasteiger partial charge on any atom is -0.375 e. The van der Waals surface area contributed by atoms with E-state index in [0.717, 1.165) is 30.9 Å². The third-order valence-corrected chi connectivity index (χ3v) is 6.28. The van der Waals surface area contributed by atoms with Crippen LogP contribution >= 0.6 is 0 Å². The largest absolute Gasteiger partial charge is 0.375 e. The molecule has 3 unspecified atom stereocenters. The number of nitrogens with one attached hydrogen (secondary N) is 1. The number of rotatable bonds is 4. The highest BCUT2D eigenvalue weighted by molar-refractivity contribution is 4.94. The molecule has 2 aliphatic carbocycles. The topological polar surface area (TPSA) is 21.3 Å². The van der Waals surface area contributed by atoms with E-state index in [4.69, 9.17) is 4.74 Å². The van der Waals surface area contributed by atoms with Crippen molar-refractivity contribution in [2.45, 2.75) is 76.7 Å². The monoisotopic (exact) mass is 279 g/mol. The first kappa shape index (κ1) is 14.8. The molecule has 1 N–H and O–H groups in total. The van der Waals surface area contributed by atoms with Gasteiger partial charge in [-0.25, -0.2) is 0 Å². The van der Waals surface area contributed by atoms with Crippen molar-refractivity contribution in [2.24, 2.45) is 17.8 Å². The molecule has 0 aromatic heterocycles. The van der Waals surface area contributed by atoms with Gasteiger partial charge < -0.3 is 10.1 Å². The third kappa shape index (κ3) is 3.22. The highest BCUT2D eigenvalue weighted by atomic mass is 16.5. The summed E-state index contributed by atoms with van der Waals surface area (Å²) in [5.74, 6) is 2.88. The fourth-order valence-corrected chi connectivity index (χ4v) is 5.24. The second-order valence-corrected chi connectivity index (χ2v) is 7.51. The van der Waals surface area contributed by atoms with E-state index in [0.29, 0.717) is 5.60 Å². The lowest BCUT2D eigenvalue weighted by molar-refractivity contribution is -0.127. The van der Waals surface area contributed by atoms with Crippen LogP contribution in [0, 0.1) is 17.8 Å². The summed E-state index contributed by atoms with van der Waals surface area (Å²) in [4.78, 5) is 0. The van der Waals surface area contributed by atoms with Crippen molar-refractivity contribution in [1.29, 1.82) is 0 Å². The van der Waals surface area contributed by atoms with Crippen LogP contribution in [-0.2, 0) is 4.74 Å². The van der Waals surface area contributed by atoms with Gasteiger partial charge in [0.2, 0.25) is 0 Å². The van der Waals surface area contributed by atoms with Crippen molar-refractivity contribution < 1.29 is 4.74 Å². The van der Waals surface area contributed by atoms with E-state index in [2.05, 4.69) is 12.2 Å². The molecule has 2 nitrogen and oxygen atoms in total. The van der Waals surface area contributed by atoms with E-state index in [9.17, 15) is 0 Å². The summed E-state index contributed by atoms with van der Waals surface area (Å²) in [7, 11) is 0. The van der Waals surface area contributed by atoms with E-state index in [1.54, 1.807) is 0 Å². The molecule has 116 valence electrons. The Kier molecular flexibility index (Phi) is 5.04. The van der Waals surface area contributed by atoms with Crippen LogP contribution in [0.1, 0.15) is 71.1 Å². The Hall–Kier alpha value is -0.0800. The summed E-state index contributed by atoms with van der Waals surface area (Å²) >= 11 is 0. The van der Waals surface area contributed by atoms with E-state index in [1.165, 1.54) is 70.8 Å². The van der Waals surface area contributed by atoms with Crippen LogP contribution in [0.3, 0.4) is 0 Å². The summed E-state index contributed by atoms with van der Waals surface area (Å²) in [5, 5.41) is 3.60. The smallest absolute Gasteiger partial charge is 0.0685 e. The van der Waals surface area contributed by atoms with Crippen molar-refractivity contribution in [1.82, 2.24) is 5.32 Å². The van der Waals surface area contributed by atoms with Crippen molar-refractivity contribution in [3.63, 3.8) is 0 Å². The molecular formula is C18H33NO. The van der Waals surface area contributed by atoms with Gasteiger partial charge >= 0.3 is 0 Å². The second-order valence-electron chi connectivity index (χ2n) is 7.51. The molecule has 0 aromatic rings. The number of hydrogen-bond acceptors (Lipinski definition) is 2. The van der Waals surface area contributed by atoms with Gasteiger partial charge in [-0.1, -0.05) is 32.6 Å². The molecule has 20 heavy (non-hydrogen) atoms. The van der Waals surface area contributed by atoms with E-state index in [1.807, 2.05) is 0 Å². The van der Waals surface area contributed by atoms with Crippen LogP contribution in [0.15, 0.2) is 0 Å². The molecule has 1 spiro atoms. The normalized spacial score (nSPS) is 37.4. The fraction of sp³-hybridized carbons (Fsp3) is 1.00. The van der Waals surface area contributed by atoms with Crippen LogP contribution in [0.5, 0.6) is 0 Å². The maximum atomic E-state index is 6.30. The molecule has 2 heteroatoms. The second kappa shape index (κ2) is 6.79. The minimum atomic E-state index is 0.298. The molecule has 3 aliphatic rings. The van der Waals surface area contributed by atoms with Crippen molar-refractivity contribution >= 4 is 0 Å². The zero-order valence-corrected chi connectivity index (χ0v) is 13.3. The summed E-state index contributed by atoms with van der Waals surface area (Å²) < 4.78 is 6.30. The molecule has 0 radical (unpaired) electrons. The lowest BCUT2D eigenvalue weighted by Gasteiger charge is -2.46.